The number of carbonyl (C=O) groups is 1. The van der Waals surface area contributed by atoms with Crippen molar-refractivity contribution >= 4 is 59.5 Å². The van der Waals surface area contributed by atoms with Crippen molar-refractivity contribution in [1.29, 1.82) is 0 Å². The fraction of sp³-hybridized carbons (Fsp3) is 0.429. The summed E-state index contributed by atoms with van der Waals surface area (Å²) in [5, 5.41) is 0. The molecule has 0 fully saturated rings. The number of aldehydes is 1. The highest BCUT2D eigenvalue weighted by Crippen LogP contribution is 2.39. The molecule has 1 atom stereocenters. The number of ether oxygens (including phenoxy) is 1. The number of aromatic nitrogens is 4. The van der Waals surface area contributed by atoms with Crippen LogP contribution >= 0.6 is 36.1 Å². The minimum Gasteiger partial charge on any atom is -0.370 e. The Kier molecular flexibility index (Phi) is 13.3. The Morgan fingerprint density at radius 2 is 2.12 bits per heavy atom. The molecule has 0 saturated heterocycles. The van der Waals surface area contributed by atoms with Crippen LogP contribution in [0.4, 0.5) is 5.95 Å². The Labute approximate surface area is 212 Å². The smallest absolute Gasteiger partial charge is 0.280 e. The first-order valence-electron chi connectivity index (χ1n) is 10.5. The van der Waals surface area contributed by atoms with Crippen LogP contribution in [0.5, 0.6) is 0 Å². The van der Waals surface area contributed by atoms with E-state index in [-0.39, 0.29) is 17.0 Å². The third-order valence-electron chi connectivity index (χ3n) is 4.12. The molecule has 1 unspecified atom stereocenters. The molecule has 3 rings (SSSR count). The number of aromatic amines is 1. The van der Waals surface area contributed by atoms with E-state index in [0.717, 1.165) is 22.1 Å². The summed E-state index contributed by atoms with van der Waals surface area (Å²) >= 11 is 5.18. The number of hydrogen-bond acceptors (Lipinski definition) is 9. The lowest BCUT2D eigenvalue weighted by atomic mass is 10.2. The van der Waals surface area contributed by atoms with E-state index in [0.29, 0.717) is 44.8 Å². The third-order valence-corrected chi connectivity index (χ3v) is 6.47. The van der Waals surface area contributed by atoms with Gasteiger partial charge in [-0.05, 0) is 24.0 Å². The van der Waals surface area contributed by atoms with E-state index < -0.39 is 8.38 Å². The van der Waals surface area contributed by atoms with E-state index in [9.17, 15) is 9.59 Å². The van der Waals surface area contributed by atoms with Crippen LogP contribution < -0.4 is 11.3 Å². The summed E-state index contributed by atoms with van der Waals surface area (Å²) in [6.45, 7) is 3.74. The van der Waals surface area contributed by atoms with Crippen LogP contribution in [-0.2, 0) is 31.7 Å². The van der Waals surface area contributed by atoms with Crippen LogP contribution in [0, 0.1) is 0 Å². The Bertz CT molecular complexity index is 1080. The molecule has 13 heteroatoms. The number of benzene rings is 1. The van der Waals surface area contributed by atoms with E-state index in [1.54, 1.807) is 22.7 Å². The van der Waals surface area contributed by atoms with Crippen LogP contribution in [0.2, 0.25) is 0 Å². The van der Waals surface area contributed by atoms with Gasteiger partial charge in [0, 0.05) is 23.2 Å². The SMILES string of the molecule is CCC=O.CSCCOP(COCCn1cnc2c(=O)[nH]c(N)nc21)OCc1cccc(Br)c1. The third kappa shape index (κ3) is 9.81. The molecule has 186 valence electrons. The fourth-order valence-electron chi connectivity index (χ4n) is 2.54. The number of imidazole rings is 1. The number of halogens is 1. The minimum atomic E-state index is -1.19. The van der Waals surface area contributed by atoms with E-state index in [4.69, 9.17) is 19.5 Å². The average Bonchev–Trinajstić information content (AvgIpc) is 3.23. The van der Waals surface area contributed by atoms with Gasteiger partial charge in [-0.15, -0.1) is 0 Å². The van der Waals surface area contributed by atoms with E-state index >= 15 is 0 Å². The Hall–Kier alpha value is -1.82. The van der Waals surface area contributed by atoms with E-state index in [2.05, 4.69) is 30.9 Å². The molecule has 0 aliphatic rings. The highest BCUT2D eigenvalue weighted by Gasteiger charge is 2.13. The molecule has 10 nitrogen and oxygen atoms in total. The number of anilines is 1. The number of rotatable bonds is 13. The summed E-state index contributed by atoms with van der Waals surface area (Å²) in [6.07, 6.45) is 5.45. The molecule has 0 spiro atoms. The van der Waals surface area contributed by atoms with Crippen LogP contribution in [0.1, 0.15) is 18.9 Å². The van der Waals surface area contributed by atoms with Crippen molar-refractivity contribution in [1.82, 2.24) is 19.5 Å². The first-order valence-corrected chi connectivity index (χ1v) is 14.0. The monoisotopic (exact) mass is 573 g/mol. The number of fused-ring (bicyclic) bond motifs is 1. The largest absolute Gasteiger partial charge is 0.370 e. The van der Waals surface area contributed by atoms with Gasteiger partial charge in [-0.25, -0.2) is 4.98 Å². The topological polar surface area (TPSA) is 134 Å². The van der Waals surface area contributed by atoms with Crippen molar-refractivity contribution in [3.63, 3.8) is 0 Å². The number of H-pyrrole nitrogens is 1. The summed E-state index contributed by atoms with van der Waals surface area (Å²) < 4.78 is 20.4. The molecule has 0 bridgehead atoms. The first kappa shape index (κ1) is 28.4. The highest BCUT2D eigenvalue weighted by molar-refractivity contribution is 9.10. The van der Waals surface area contributed by atoms with E-state index in [1.165, 1.54) is 0 Å². The quantitative estimate of drug-likeness (QED) is 0.177. The number of carbonyl (C=O) groups excluding carboxylic acids is 1. The van der Waals surface area contributed by atoms with Crippen molar-refractivity contribution in [2.75, 3.05) is 37.3 Å². The second kappa shape index (κ2) is 16.0. The van der Waals surface area contributed by atoms with Gasteiger partial charge in [0.15, 0.2) is 19.5 Å². The van der Waals surface area contributed by atoms with Crippen LogP contribution in [0.3, 0.4) is 0 Å². The molecule has 1 aromatic carbocycles. The van der Waals surface area contributed by atoms with Crippen molar-refractivity contribution in [3.8, 4) is 0 Å². The lowest BCUT2D eigenvalue weighted by Gasteiger charge is -2.18. The predicted molar refractivity (Wildman–Crippen MR) is 140 cm³/mol. The van der Waals surface area contributed by atoms with Crippen molar-refractivity contribution in [2.24, 2.45) is 0 Å². The Morgan fingerprint density at radius 3 is 2.82 bits per heavy atom. The molecule has 2 aromatic heterocycles. The molecule has 0 aliphatic carbocycles. The number of nitrogens with two attached hydrogens (primary N) is 1. The van der Waals surface area contributed by atoms with Gasteiger partial charge in [0.1, 0.15) is 12.6 Å². The standard InChI is InChI=1S/C18H23BrN5O4PS.C3H6O/c1-30-8-7-27-29(28-10-13-3-2-4-14(19)9-13)12-26-6-5-24-11-21-15-16(24)22-18(20)23-17(15)25;1-2-3-4/h2-4,9,11H,5-8,10,12H2,1H3,(H3,20,22,23,25);3H,2H2,1H3. The lowest BCUT2D eigenvalue weighted by molar-refractivity contribution is -0.107. The van der Waals surface area contributed by atoms with Gasteiger partial charge in [-0.1, -0.05) is 35.0 Å². The van der Waals surface area contributed by atoms with Crippen molar-refractivity contribution in [3.05, 3.63) is 51.0 Å². The Balaban J connectivity index is 0.000000945. The zero-order valence-corrected chi connectivity index (χ0v) is 22.4. The molecule has 3 N–H and O–H groups in total. The van der Waals surface area contributed by atoms with Gasteiger partial charge < -0.3 is 28.9 Å². The van der Waals surface area contributed by atoms with Crippen LogP contribution in [0.15, 0.2) is 39.9 Å². The maximum Gasteiger partial charge on any atom is 0.280 e. The average molecular weight is 574 g/mol. The minimum absolute atomic E-state index is 0.0573. The lowest BCUT2D eigenvalue weighted by Crippen LogP contribution is -2.13. The van der Waals surface area contributed by atoms with Gasteiger partial charge >= 0.3 is 0 Å². The summed E-state index contributed by atoms with van der Waals surface area (Å²) in [5.41, 5.74) is 7.01. The summed E-state index contributed by atoms with van der Waals surface area (Å²) in [4.78, 5) is 31.7. The first-order chi connectivity index (χ1) is 16.5. The summed E-state index contributed by atoms with van der Waals surface area (Å²) in [6, 6.07) is 7.96. The molecule has 2 heterocycles. The second-order valence-electron chi connectivity index (χ2n) is 6.74. The summed E-state index contributed by atoms with van der Waals surface area (Å²) in [5.74, 6) is 0.948. The molecular formula is C21H29BrN5O5PS. The van der Waals surface area contributed by atoms with Gasteiger partial charge in [0.05, 0.1) is 26.1 Å². The second-order valence-corrected chi connectivity index (χ2v) is 10.1. The number of thioether (sulfide) groups is 1. The highest BCUT2D eigenvalue weighted by atomic mass is 79.9. The van der Waals surface area contributed by atoms with Gasteiger partial charge in [-0.2, -0.15) is 16.7 Å². The number of nitrogens with zero attached hydrogens (tertiary/aromatic N) is 3. The molecular weight excluding hydrogens is 545 g/mol. The molecule has 0 amide bonds. The molecule has 34 heavy (non-hydrogen) atoms. The fourth-order valence-corrected chi connectivity index (χ4v) is 4.45. The molecule has 0 radical (unpaired) electrons. The maximum atomic E-state index is 11.8. The molecule has 0 aliphatic heterocycles. The van der Waals surface area contributed by atoms with Gasteiger partial charge in [0.25, 0.3) is 5.56 Å². The normalized spacial score (nSPS) is 11.7. The van der Waals surface area contributed by atoms with Crippen molar-refractivity contribution in [2.45, 2.75) is 26.5 Å². The maximum absolute atomic E-state index is 11.8. The van der Waals surface area contributed by atoms with Crippen LogP contribution in [0.25, 0.3) is 11.2 Å². The molecule has 0 saturated carbocycles. The van der Waals surface area contributed by atoms with Gasteiger partial charge in [-0.3, -0.25) is 9.78 Å². The zero-order valence-electron chi connectivity index (χ0n) is 19.1. The number of hydrogen-bond donors (Lipinski definition) is 2. The van der Waals surface area contributed by atoms with Gasteiger partial charge in [0.2, 0.25) is 5.95 Å². The predicted octanol–water partition coefficient (Wildman–Crippen LogP) is 3.94. The van der Waals surface area contributed by atoms with E-state index in [1.807, 2.05) is 37.4 Å². The zero-order chi connectivity index (χ0) is 24.8. The number of nitrogens with one attached hydrogen (secondary N) is 1. The number of nitrogen functional groups attached to an aromatic ring is 1. The summed E-state index contributed by atoms with van der Waals surface area (Å²) in [7, 11) is -1.19. The molecule has 3 aromatic rings. The Morgan fingerprint density at radius 1 is 1.32 bits per heavy atom. The van der Waals surface area contributed by atoms with Crippen LogP contribution in [-0.4, -0.2) is 57.4 Å². The van der Waals surface area contributed by atoms with Crippen molar-refractivity contribution < 1.29 is 18.6 Å².